The first-order valence-electron chi connectivity index (χ1n) is 9.58. The minimum atomic E-state index is -0.0889. The van der Waals surface area contributed by atoms with Crippen LogP contribution in [-0.2, 0) is 17.7 Å². The number of likely N-dealkylation sites (tertiary alicyclic amines) is 1. The van der Waals surface area contributed by atoms with Crippen LogP contribution in [0.15, 0.2) is 41.1 Å². The van der Waals surface area contributed by atoms with E-state index in [-0.39, 0.29) is 12.0 Å². The van der Waals surface area contributed by atoms with Crippen molar-refractivity contribution in [2.24, 2.45) is 0 Å². The summed E-state index contributed by atoms with van der Waals surface area (Å²) in [7, 11) is 1.63. The van der Waals surface area contributed by atoms with Crippen LogP contribution in [0.4, 0.5) is 0 Å². The minimum absolute atomic E-state index is 0.0304. The van der Waals surface area contributed by atoms with Gasteiger partial charge in [-0.15, -0.1) is 0 Å². The molecule has 0 saturated carbocycles. The highest BCUT2D eigenvalue weighted by molar-refractivity contribution is 5.93. The summed E-state index contributed by atoms with van der Waals surface area (Å²) in [6, 6.07) is 9.27. The molecule has 4 rings (SSSR count). The monoisotopic (exact) mass is 397 g/mol. The van der Waals surface area contributed by atoms with Crippen molar-refractivity contribution in [1.82, 2.24) is 24.8 Å². The van der Waals surface area contributed by atoms with Gasteiger partial charge in [0.05, 0.1) is 25.3 Å². The number of amides is 1. The number of para-hydroxylation sites is 1. The molecule has 29 heavy (non-hydrogen) atoms. The second kappa shape index (κ2) is 8.44. The first-order valence-corrected chi connectivity index (χ1v) is 9.58. The standard InChI is InChI=1S/C20H23N5O4/c1-3-25-16(8-10-21-25)20(26)24-12-14(13-24)28-17-7-5-4-6-15(17)19-22-18(23-29-19)9-11-27-2/h4-8,10,14H,3,9,11-13H2,1-2H3. The number of aromatic nitrogens is 4. The molecule has 0 N–H and O–H groups in total. The van der Waals surface area contributed by atoms with Gasteiger partial charge >= 0.3 is 0 Å². The number of ether oxygens (including phenoxy) is 2. The second-order valence-corrected chi connectivity index (χ2v) is 6.74. The highest BCUT2D eigenvalue weighted by Crippen LogP contribution is 2.31. The molecular weight excluding hydrogens is 374 g/mol. The van der Waals surface area contributed by atoms with Gasteiger partial charge in [0.15, 0.2) is 5.82 Å². The lowest BCUT2D eigenvalue weighted by atomic mass is 10.1. The Balaban J connectivity index is 1.40. The second-order valence-electron chi connectivity index (χ2n) is 6.74. The Morgan fingerprint density at radius 2 is 2.10 bits per heavy atom. The average Bonchev–Trinajstić information content (AvgIpc) is 3.38. The van der Waals surface area contributed by atoms with Gasteiger partial charge in [0.25, 0.3) is 11.8 Å². The van der Waals surface area contributed by atoms with E-state index < -0.39 is 0 Å². The Morgan fingerprint density at radius 3 is 2.90 bits per heavy atom. The number of benzene rings is 1. The number of carbonyl (C=O) groups excluding carboxylic acids is 1. The molecule has 0 atom stereocenters. The summed E-state index contributed by atoms with van der Waals surface area (Å²) in [5.74, 6) is 1.62. The van der Waals surface area contributed by atoms with Crippen LogP contribution < -0.4 is 4.74 Å². The fourth-order valence-electron chi connectivity index (χ4n) is 3.19. The summed E-state index contributed by atoms with van der Waals surface area (Å²) >= 11 is 0. The van der Waals surface area contributed by atoms with E-state index >= 15 is 0 Å². The molecule has 0 unspecified atom stereocenters. The Kier molecular flexibility index (Phi) is 5.57. The molecule has 1 aliphatic heterocycles. The van der Waals surface area contributed by atoms with Crippen molar-refractivity contribution in [3.63, 3.8) is 0 Å². The van der Waals surface area contributed by atoms with Gasteiger partial charge < -0.3 is 18.9 Å². The highest BCUT2D eigenvalue weighted by Gasteiger charge is 2.34. The van der Waals surface area contributed by atoms with Crippen LogP contribution in [0.2, 0.25) is 0 Å². The number of aryl methyl sites for hydroxylation is 1. The van der Waals surface area contributed by atoms with Gasteiger partial charge in [-0.05, 0) is 25.1 Å². The van der Waals surface area contributed by atoms with E-state index in [1.165, 1.54) is 0 Å². The molecule has 3 aromatic rings. The minimum Gasteiger partial charge on any atom is -0.486 e. The lowest BCUT2D eigenvalue weighted by Crippen LogP contribution is -2.56. The molecule has 152 valence electrons. The highest BCUT2D eigenvalue weighted by atomic mass is 16.5. The number of nitrogens with zero attached hydrogens (tertiary/aromatic N) is 5. The Bertz CT molecular complexity index is 977. The predicted molar refractivity (Wildman–Crippen MR) is 104 cm³/mol. The zero-order valence-corrected chi connectivity index (χ0v) is 16.4. The first kappa shape index (κ1) is 19.1. The lowest BCUT2D eigenvalue weighted by molar-refractivity contribution is 0.0170. The van der Waals surface area contributed by atoms with Gasteiger partial charge in [-0.2, -0.15) is 10.1 Å². The SMILES string of the molecule is CCn1nccc1C(=O)N1CC(Oc2ccccc2-c2nc(CCOC)no2)C1. The van der Waals surface area contributed by atoms with Gasteiger partial charge in [-0.3, -0.25) is 9.48 Å². The molecule has 9 heteroatoms. The molecule has 1 saturated heterocycles. The van der Waals surface area contributed by atoms with E-state index in [1.807, 2.05) is 31.2 Å². The van der Waals surface area contributed by atoms with Crippen molar-refractivity contribution in [3.05, 3.63) is 48.0 Å². The summed E-state index contributed by atoms with van der Waals surface area (Å²) in [6.45, 7) is 4.18. The molecule has 3 heterocycles. The van der Waals surface area contributed by atoms with Crippen LogP contribution >= 0.6 is 0 Å². The van der Waals surface area contributed by atoms with Crippen molar-refractivity contribution < 1.29 is 18.8 Å². The molecule has 0 bridgehead atoms. The molecule has 2 aromatic heterocycles. The maximum atomic E-state index is 12.6. The average molecular weight is 397 g/mol. The zero-order valence-electron chi connectivity index (χ0n) is 16.4. The molecule has 1 aromatic carbocycles. The van der Waals surface area contributed by atoms with Gasteiger partial charge in [0, 0.05) is 26.3 Å². The van der Waals surface area contributed by atoms with Crippen LogP contribution in [0.3, 0.4) is 0 Å². The van der Waals surface area contributed by atoms with Crippen molar-refractivity contribution in [1.29, 1.82) is 0 Å². The number of methoxy groups -OCH3 is 1. The molecule has 1 fully saturated rings. The molecule has 0 radical (unpaired) electrons. The van der Waals surface area contributed by atoms with Gasteiger partial charge in [0.2, 0.25) is 0 Å². The van der Waals surface area contributed by atoms with Gasteiger partial charge in [-0.25, -0.2) is 0 Å². The van der Waals surface area contributed by atoms with Crippen LogP contribution in [0.5, 0.6) is 5.75 Å². The lowest BCUT2D eigenvalue weighted by Gasteiger charge is -2.39. The molecule has 1 aliphatic rings. The summed E-state index contributed by atoms with van der Waals surface area (Å²) < 4.78 is 18.2. The van der Waals surface area contributed by atoms with Crippen LogP contribution in [0, 0.1) is 0 Å². The van der Waals surface area contributed by atoms with E-state index in [9.17, 15) is 4.79 Å². The summed E-state index contributed by atoms with van der Waals surface area (Å²) in [4.78, 5) is 18.8. The van der Waals surface area contributed by atoms with Crippen LogP contribution in [0.1, 0.15) is 23.2 Å². The zero-order chi connectivity index (χ0) is 20.2. The van der Waals surface area contributed by atoms with Crippen molar-refractivity contribution >= 4 is 5.91 Å². The molecule has 0 aliphatic carbocycles. The van der Waals surface area contributed by atoms with Crippen molar-refractivity contribution in [2.75, 3.05) is 26.8 Å². The summed E-state index contributed by atoms with van der Waals surface area (Å²) in [5.41, 5.74) is 1.33. The maximum absolute atomic E-state index is 12.6. The van der Waals surface area contributed by atoms with Gasteiger partial charge in [-0.1, -0.05) is 17.3 Å². The van der Waals surface area contributed by atoms with E-state index in [2.05, 4.69) is 15.2 Å². The Labute approximate surface area is 168 Å². The summed E-state index contributed by atoms with van der Waals surface area (Å²) in [5, 5.41) is 8.14. The van der Waals surface area contributed by atoms with E-state index in [4.69, 9.17) is 14.0 Å². The fourth-order valence-corrected chi connectivity index (χ4v) is 3.19. The van der Waals surface area contributed by atoms with E-state index in [1.54, 1.807) is 29.0 Å². The van der Waals surface area contributed by atoms with Crippen molar-refractivity contribution in [3.8, 4) is 17.2 Å². The third-order valence-electron chi connectivity index (χ3n) is 4.78. The van der Waals surface area contributed by atoms with E-state index in [0.29, 0.717) is 55.8 Å². The number of hydrogen-bond donors (Lipinski definition) is 0. The largest absolute Gasteiger partial charge is 0.486 e. The summed E-state index contributed by atoms with van der Waals surface area (Å²) in [6.07, 6.45) is 2.14. The smallest absolute Gasteiger partial charge is 0.272 e. The Morgan fingerprint density at radius 1 is 1.28 bits per heavy atom. The van der Waals surface area contributed by atoms with E-state index in [0.717, 1.165) is 5.56 Å². The number of rotatable bonds is 8. The first-order chi connectivity index (χ1) is 14.2. The van der Waals surface area contributed by atoms with Crippen LogP contribution in [0.25, 0.3) is 11.5 Å². The topological polar surface area (TPSA) is 95.5 Å². The normalized spacial score (nSPS) is 14.1. The van der Waals surface area contributed by atoms with Crippen molar-refractivity contribution in [2.45, 2.75) is 26.0 Å². The molecule has 0 spiro atoms. The fraction of sp³-hybridized carbons (Fsp3) is 0.400. The van der Waals surface area contributed by atoms with Gasteiger partial charge in [0.1, 0.15) is 17.5 Å². The quantitative estimate of drug-likeness (QED) is 0.574. The third kappa shape index (κ3) is 4.00. The predicted octanol–water partition coefficient (Wildman–Crippen LogP) is 2.05. The number of hydrogen-bond acceptors (Lipinski definition) is 7. The third-order valence-corrected chi connectivity index (χ3v) is 4.78. The molecular formula is C20H23N5O4. The molecule has 1 amide bonds. The van der Waals surface area contributed by atoms with Crippen LogP contribution in [-0.4, -0.2) is 63.6 Å². The maximum Gasteiger partial charge on any atom is 0.272 e. The Hall–Kier alpha value is -3.20. The number of carbonyl (C=O) groups is 1. The molecule has 9 nitrogen and oxygen atoms in total.